The van der Waals surface area contributed by atoms with Gasteiger partial charge in [0.25, 0.3) is 0 Å². The van der Waals surface area contributed by atoms with Gasteiger partial charge in [0, 0.05) is 11.4 Å². The Kier molecular flexibility index (Phi) is 3.55. The second kappa shape index (κ2) is 5.37. The van der Waals surface area contributed by atoms with E-state index in [1.165, 1.54) is 11.8 Å². The number of hydrogen-bond donors (Lipinski definition) is 1. The van der Waals surface area contributed by atoms with E-state index < -0.39 is 5.97 Å². The monoisotopic (exact) mass is 301 g/mol. The second-order valence-corrected chi connectivity index (χ2v) is 5.99. The molecule has 0 saturated heterocycles. The van der Waals surface area contributed by atoms with Gasteiger partial charge in [-0.1, -0.05) is 30.0 Å². The number of fused-ring (bicyclic) bond motifs is 3. The molecule has 0 radical (unpaired) electrons. The van der Waals surface area contributed by atoms with E-state index in [0.717, 1.165) is 27.1 Å². The molecule has 3 aromatic rings. The van der Waals surface area contributed by atoms with Gasteiger partial charge in [-0.2, -0.15) is 0 Å². The van der Waals surface area contributed by atoms with Crippen LogP contribution in [0.1, 0.15) is 19.9 Å². The van der Waals surface area contributed by atoms with E-state index in [4.69, 9.17) is 5.11 Å². The van der Waals surface area contributed by atoms with E-state index in [1.807, 2.05) is 24.3 Å². The summed E-state index contributed by atoms with van der Waals surface area (Å²) in [6, 6.07) is 8.12. The minimum atomic E-state index is -0.842. The number of pyridine rings is 1. The molecule has 0 aliphatic heterocycles. The molecule has 0 amide bonds. The van der Waals surface area contributed by atoms with E-state index in [1.54, 1.807) is 6.20 Å². The highest BCUT2D eigenvalue weighted by Crippen LogP contribution is 2.31. The Balaban J connectivity index is 2.27. The first-order valence-corrected chi connectivity index (χ1v) is 7.66. The summed E-state index contributed by atoms with van der Waals surface area (Å²) in [4.78, 5) is 19.8. The van der Waals surface area contributed by atoms with Gasteiger partial charge >= 0.3 is 5.97 Å². The fourth-order valence-electron chi connectivity index (χ4n) is 2.41. The van der Waals surface area contributed by atoms with Crippen molar-refractivity contribution in [2.45, 2.75) is 25.0 Å². The van der Waals surface area contributed by atoms with Gasteiger partial charge in [-0.25, -0.2) is 4.98 Å². The Hall–Kier alpha value is -2.08. The lowest BCUT2D eigenvalue weighted by Gasteiger charge is -2.13. The third-order valence-corrected chi connectivity index (χ3v) is 4.17. The van der Waals surface area contributed by atoms with Crippen LogP contribution in [0.5, 0.6) is 0 Å². The third kappa shape index (κ3) is 2.47. The second-order valence-electron chi connectivity index (χ2n) is 5.05. The molecule has 0 atom stereocenters. The summed E-state index contributed by atoms with van der Waals surface area (Å²) < 4.78 is 2.09. The van der Waals surface area contributed by atoms with Gasteiger partial charge in [-0.3, -0.25) is 9.78 Å². The topological polar surface area (TPSA) is 68.0 Å². The van der Waals surface area contributed by atoms with Gasteiger partial charge in [0.1, 0.15) is 5.52 Å². The molecule has 3 rings (SSSR count). The first-order chi connectivity index (χ1) is 10.1. The van der Waals surface area contributed by atoms with Crippen LogP contribution in [0, 0.1) is 0 Å². The number of hydrogen-bond acceptors (Lipinski definition) is 4. The van der Waals surface area contributed by atoms with Gasteiger partial charge in [-0.05, 0) is 19.9 Å². The average Bonchev–Trinajstić information content (AvgIpc) is 2.84. The number of aromatic nitrogens is 3. The minimum absolute atomic E-state index is 0.00139. The van der Waals surface area contributed by atoms with Crippen molar-refractivity contribution >= 4 is 39.7 Å². The molecule has 2 heterocycles. The van der Waals surface area contributed by atoms with Gasteiger partial charge < -0.3 is 9.67 Å². The first kappa shape index (κ1) is 13.9. The summed E-state index contributed by atoms with van der Waals surface area (Å²) in [6.07, 6.45) is 1.75. The highest BCUT2D eigenvalue weighted by molar-refractivity contribution is 7.99. The fraction of sp³-hybridized carbons (Fsp3) is 0.267. The van der Waals surface area contributed by atoms with Crippen molar-refractivity contribution < 1.29 is 9.90 Å². The van der Waals surface area contributed by atoms with Crippen molar-refractivity contribution in [3.8, 4) is 0 Å². The largest absolute Gasteiger partial charge is 0.481 e. The van der Waals surface area contributed by atoms with Crippen LogP contribution in [0.15, 0.2) is 35.6 Å². The lowest BCUT2D eigenvalue weighted by Crippen LogP contribution is -2.05. The van der Waals surface area contributed by atoms with Crippen molar-refractivity contribution in [2.75, 3.05) is 5.75 Å². The van der Waals surface area contributed by atoms with E-state index in [-0.39, 0.29) is 11.8 Å². The molecule has 21 heavy (non-hydrogen) atoms. The Labute approximate surface area is 126 Å². The predicted molar refractivity (Wildman–Crippen MR) is 83.8 cm³/mol. The number of thioether (sulfide) groups is 1. The maximum absolute atomic E-state index is 10.8. The van der Waals surface area contributed by atoms with E-state index >= 15 is 0 Å². The predicted octanol–water partition coefficient (Wildman–Crippen LogP) is 3.34. The lowest BCUT2D eigenvalue weighted by atomic mass is 10.2. The number of imidazole rings is 1. The van der Waals surface area contributed by atoms with Crippen LogP contribution in [0.2, 0.25) is 0 Å². The fourth-order valence-corrected chi connectivity index (χ4v) is 3.27. The lowest BCUT2D eigenvalue weighted by molar-refractivity contribution is -0.133. The van der Waals surface area contributed by atoms with Crippen molar-refractivity contribution in [2.24, 2.45) is 0 Å². The van der Waals surface area contributed by atoms with Crippen molar-refractivity contribution in [1.29, 1.82) is 0 Å². The molecular formula is C15H15N3O2S. The smallest absolute Gasteiger partial charge is 0.313 e. The summed E-state index contributed by atoms with van der Waals surface area (Å²) in [5, 5.41) is 10.6. The Morgan fingerprint density at radius 3 is 2.81 bits per heavy atom. The summed E-state index contributed by atoms with van der Waals surface area (Å²) in [6.45, 7) is 4.14. The maximum atomic E-state index is 10.8. The Morgan fingerprint density at radius 1 is 1.33 bits per heavy atom. The Bertz CT molecular complexity index is 826. The van der Waals surface area contributed by atoms with Crippen LogP contribution in [-0.2, 0) is 4.79 Å². The SMILES string of the molecule is CC(C)n1c(SCC(=O)O)nc2cnc3ccccc3c21. The van der Waals surface area contributed by atoms with Crippen LogP contribution >= 0.6 is 11.8 Å². The minimum Gasteiger partial charge on any atom is -0.481 e. The van der Waals surface area contributed by atoms with E-state index in [0.29, 0.717) is 0 Å². The van der Waals surface area contributed by atoms with E-state index in [9.17, 15) is 4.79 Å². The zero-order valence-electron chi connectivity index (χ0n) is 11.8. The Morgan fingerprint density at radius 2 is 2.10 bits per heavy atom. The van der Waals surface area contributed by atoms with Crippen LogP contribution in [-0.4, -0.2) is 31.4 Å². The van der Waals surface area contributed by atoms with Gasteiger partial charge in [0.15, 0.2) is 5.16 Å². The van der Waals surface area contributed by atoms with Gasteiger partial charge in [0.2, 0.25) is 0 Å². The molecule has 0 aliphatic carbocycles. The maximum Gasteiger partial charge on any atom is 0.313 e. The average molecular weight is 301 g/mol. The number of aliphatic carboxylic acids is 1. The molecule has 0 spiro atoms. The molecule has 108 valence electrons. The molecular weight excluding hydrogens is 286 g/mol. The highest BCUT2D eigenvalue weighted by Gasteiger charge is 2.17. The van der Waals surface area contributed by atoms with Crippen LogP contribution in [0.25, 0.3) is 21.9 Å². The quantitative estimate of drug-likeness (QED) is 0.748. The summed E-state index contributed by atoms with van der Waals surface area (Å²) in [7, 11) is 0. The zero-order chi connectivity index (χ0) is 15.0. The first-order valence-electron chi connectivity index (χ1n) is 6.68. The van der Waals surface area contributed by atoms with Crippen molar-refractivity contribution in [3.63, 3.8) is 0 Å². The van der Waals surface area contributed by atoms with E-state index in [2.05, 4.69) is 28.4 Å². The van der Waals surface area contributed by atoms with Crippen LogP contribution in [0.3, 0.4) is 0 Å². The summed E-state index contributed by atoms with van der Waals surface area (Å²) in [5.41, 5.74) is 2.74. The third-order valence-electron chi connectivity index (χ3n) is 3.23. The zero-order valence-corrected chi connectivity index (χ0v) is 12.6. The standard InChI is InChI=1S/C15H15N3O2S/c1-9(2)18-14-10-5-3-4-6-11(10)16-7-12(14)17-15(18)21-8-13(19)20/h3-7,9H,8H2,1-2H3,(H,19,20). The van der Waals surface area contributed by atoms with Crippen LogP contribution < -0.4 is 0 Å². The van der Waals surface area contributed by atoms with Crippen LogP contribution in [0.4, 0.5) is 0 Å². The number of carbonyl (C=O) groups is 1. The number of benzene rings is 1. The molecule has 0 bridgehead atoms. The van der Waals surface area contributed by atoms with Gasteiger partial charge in [-0.15, -0.1) is 0 Å². The number of carboxylic acid groups (broad SMARTS) is 1. The number of carboxylic acids is 1. The summed E-state index contributed by atoms with van der Waals surface area (Å²) >= 11 is 1.24. The molecule has 0 saturated carbocycles. The van der Waals surface area contributed by atoms with Crippen molar-refractivity contribution in [1.82, 2.24) is 14.5 Å². The molecule has 2 aromatic heterocycles. The molecule has 1 N–H and O–H groups in total. The normalized spacial score (nSPS) is 11.6. The number of para-hydroxylation sites is 1. The molecule has 0 fully saturated rings. The van der Waals surface area contributed by atoms with Gasteiger partial charge in [0.05, 0.1) is 23.0 Å². The molecule has 0 aliphatic rings. The number of rotatable bonds is 4. The summed E-state index contributed by atoms with van der Waals surface area (Å²) in [5.74, 6) is -0.841. The highest BCUT2D eigenvalue weighted by atomic mass is 32.2. The molecule has 6 heteroatoms. The molecule has 1 aromatic carbocycles. The van der Waals surface area contributed by atoms with Crippen molar-refractivity contribution in [3.05, 3.63) is 30.5 Å². The molecule has 5 nitrogen and oxygen atoms in total. The molecule has 0 unspecified atom stereocenters. The number of nitrogens with zero attached hydrogens (tertiary/aromatic N) is 3.